The van der Waals surface area contributed by atoms with Crippen molar-refractivity contribution < 1.29 is 30.0 Å². The van der Waals surface area contributed by atoms with Crippen LogP contribution >= 0.6 is 0 Å². The standard InChI is InChI=1S/C16H43N3O7Si4/c1-12-17(6)20-29(11)23-27(7,8)25-30(21-18(13-2)14-3,22-19(15-4)16-5)26-28(9,10)24-29/h12-16H2,1-11H3. The van der Waals surface area contributed by atoms with Gasteiger partial charge in [-0.1, -0.05) is 34.6 Å². The number of nitrogens with zero attached hydrogens (tertiary/aromatic N) is 3. The smallest absolute Gasteiger partial charge is 0.393 e. The third kappa shape index (κ3) is 8.78. The van der Waals surface area contributed by atoms with Crippen molar-refractivity contribution in [3.63, 3.8) is 0 Å². The van der Waals surface area contributed by atoms with Gasteiger partial charge in [0.2, 0.25) is 0 Å². The lowest BCUT2D eigenvalue weighted by atomic mass is 10.6. The van der Waals surface area contributed by atoms with Crippen molar-refractivity contribution >= 4 is 35.0 Å². The average Bonchev–Trinajstić information content (AvgIpc) is 2.60. The summed E-state index contributed by atoms with van der Waals surface area (Å²) in [5.41, 5.74) is 0. The summed E-state index contributed by atoms with van der Waals surface area (Å²) in [6.07, 6.45) is 0. The third-order valence-electron chi connectivity index (χ3n) is 4.26. The minimum Gasteiger partial charge on any atom is -0.393 e. The zero-order valence-electron chi connectivity index (χ0n) is 20.7. The molecule has 1 rings (SSSR count). The maximum atomic E-state index is 6.58. The Labute approximate surface area is 187 Å². The third-order valence-corrected chi connectivity index (χ3v) is 18.7. The molecule has 14 heteroatoms. The molecule has 0 saturated carbocycles. The molecule has 0 spiro atoms. The molecular weight excluding hydrogens is 459 g/mol. The lowest BCUT2D eigenvalue weighted by molar-refractivity contribution is -0.200. The Morgan fingerprint density at radius 2 is 0.933 bits per heavy atom. The van der Waals surface area contributed by atoms with E-state index in [1.54, 1.807) is 15.2 Å². The molecule has 0 aromatic heterocycles. The lowest BCUT2D eigenvalue weighted by Gasteiger charge is -2.47. The van der Waals surface area contributed by atoms with Crippen LogP contribution < -0.4 is 0 Å². The van der Waals surface area contributed by atoms with Gasteiger partial charge in [-0.05, 0) is 26.2 Å². The summed E-state index contributed by atoms with van der Waals surface area (Å²) in [4.78, 5) is 0. The normalized spacial score (nSPS) is 23.0. The largest absolute Gasteiger partial charge is 0.696 e. The Balaban J connectivity index is 3.36. The second-order valence-corrected chi connectivity index (χ2v) is 20.2. The quantitative estimate of drug-likeness (QED) is 0.311. The highest BCUT2D eigenvalue weighted by Gasteiger charge is 2.63. The van der Waals surface area contributed by atoms with Gasteiger partial charge in [-0.25, -0.2) is 0 Å². The minimum atomic E-state index is -3.68. The first-order valence-electron chi connectivity index (χ1n) is 10.9. The summed E-state index contributed by atoms with van der Waals surface area (Å²) >= 11 is 0. The second-order valence-electron chi connectivity index (χ2n) is 8.02. The van der Waals surface area contributed by atoms with Crippen molar-refractivity contribution in [1.82, 2.24) is 15.2 Å². The van der Waals surface area contributed by atoms with Crippen molar-refractivity contribution in [3.8, 4) is 0 Å². The highest BCUT2D eigenvalue weighted by atomic mass is 28.5. The van der Waals surface area contributed by atoms with Crippen LogP contribution in [0.4, 0.5) is 0 Å². The maximum Gasteiger partial charge on any atom is 0.696 e. The minimum absolute atomic E-state index is 0.669. The van der Waals surface area contributed by atoms with Gasteiger partial charge in [0.25, 0.3) is 0 Å². The molecule has 0 bridgehead atoms. The molecule has 1 saturated heterocycles. The first-order chi connectivity index (χ1) is 13.8. The first-order valence-corrected chi connectivity index (χ1v) is 20.3. The molecule has 0 amide bonds. The fourth-order valence-corrected chi connectivity index (χ4v) is 20.0. The van der Waals surface area contributed by atoms with E-state index in [-0.39, 0.29) is 0 Å². The maximum absolute atomic E-state index is 6.58. The molecule has 0 atom stereocenters. The molecule has 1 heterocycles. The van der Waals surface area contributed by atoms with Crippen LogP contribution in [-0.2, 0) is 30.0 Å². The van der Waals surface area contributed by atoms with E-state index in [4.69, 9.17) is 30.0 Å². The molecule has 0 aromatic carbocycles. The zero-order valence-corrected chi connectivity index (χ0v) is 24.7. The number of hydrogen-bond acceptors (Lipinski definition) is 10. The van der Waals surface area contributed by atoms with Gasteiger partial charge in [0.05, 0.1) is 0 Å². The van der Waals surface area contributed by atoms with Crippen LogP contribution in [0.25, 0.3) is 0 Å². The van der Waals surface area contributed by atoms with Gasteiger partial charge in [0, 0.05) is 46.3 Å². The SMILES string of the molecule is CCN(C)O[Si]1(C)O[Si](C)(C)O[Si](ON(CC)CC)(ON(CC)CC)O[Si](C)(C)O1. The van der Waals surface area contributed by atoms with Gasteiger partial charge in [0.15, 0.2) is 0 Å². The van der Waals surface area contributed by atoms with E-state index in [9.17, 15) is 0 Å². The first kappa shape index (κ1) is 28.5. The van der Waals surface area contributed by atoms with Gasteiger partial charge in [-0.15, -0.1) is 0 Å². The Morgan fingerprint density at radius 1 is 0.567 bits per heavy atom. The van der Waals surface area contributed by atoms with Crippen LogP contribution in [0, 0.1) is 0 Å². The molecule has 180 valence electrons. The molecule has 1 fully saturated rings. The summed E-state index contributed by atoms with van der Waals surface area (Å²) in [6.45, 7) is 23.1. The number of hydrogen-bond donors (Lipinski definition) is 0. The number of hydroxylamine groups is 6. The summed E-state index contributed by atoms with van der Waals surface area (Å²) in [5, 5.41) is 5.32. The number of rotatable bonds is 11. The molecule has 0 aromatic rings. The van der Waals surface area contributed by atoms with Crippen LogP contribution in [0.2, 0.25) is 32.7 Å². The van der Waals surface area contributed by atoms with Crippen molar-refractivity contribution in [3.05, 3.63) is 0 Å². The molecule has 0 unspecified atom stereocenters. The van der Waals surface area contributed by atoms with Crippen molar-refractivity contribution in [2.24, 2.45) is 0 Å². The summed E-state index contributed by atoms with van der Waals surface area (Å²) in [6, 6.07) is 0. The lowest BCUT2D eigenvalue weighted by Crippen LogP contribution is -2.71. The summed E-state index contributed by atoms with van der Waals surface area (Å²) in [5.74, 6) is 0. The van der Waals surface area contributed by atoms with E-state index >= 15 is 0 Å². The van der Waals surface area contributed by atoms with Crippen LogP contribution in [0.15, 0.2) is 0 Å². The van der Waals surface area contributed by atoms with Gasteiger partial charge in [0.1, 0.15) is 0 Å². The summed E-state index contributed by atoms with van der Waals surface area (Å²) in [7, 11) is -10.5. The monoisotopic (exact) mass is 501 g/mol. The molecule has 0 radical (unpaired) electrons. The molecule has 1 aliphatic rings. The van der Waals surface area contributed by atoms with E-state index < -0.39 is 35.0 Å². The average molecular weight is 502 g/mol. The zero-order chi connectivity index (χ0) is 23.2. The molecular formula is C16H43N3O7Si4. The molecule has 1 aliphatic heterocycles. The van der Waals surface area contributed by atoms with Crippen LogP contribution in [0.3, 0.4) is 0 Å². The van der Waals surface area contributed by atoms with E-state index in [1.807, 2.05) is 74.4 Å². The van der Waals surface area contributed by atoms with Crippen molar-refractivity contribution in [2.75, 3.05) is 39.8 Å². The Hall–Kier alpha value is 0.468. The van der Waals surface area contributed by atoms with E-state index in [1.165, 1.54) is 0 Å². The van der Waals surface area contributed by atoms with Crippen LogP contribution in [0.1, 0.15) is 34.6 Å². The van der Waals surface area contributed by atoms with Gasteiger partial charge < -0.3 is 16.5 Å². The highest BCUT2D eigenvalue weighted by Crippen LogP contribution is 2.33. The molecule has 0 N–H and O–H groups in total. The van der Waals surface area contributed by atoms with E-state index in [0.29, 0.717) is 32.7 Å². The van der Waals surface area contributed by atoms with Crippen LogP contribution in [-0.4, -0.2) is 89.9 Å². The summed E-state index contributed by atoms with van der Waals surface area (Å²) < 4.78 is 44.9. The van der Waals surface area contributed by atoms with E-state index in [2.05, 4.69) is 0 Å². The predicted octanol–water partition coefficient (Wildman–Crippen LogP) is 2.90. The fraction of sp³-hybridized carbons (Fsp3) is 1.00. The van der Waals surface area contributed by atoms with E-state index in [0.717, 1.165) is 0 Å². The van der Waals surface area contributed by atoms with Gasteiger partial charge in [-0.3, -0.25) is 13.6 Å². The molecule has 30 heavy (non-hydrogen) atoms. The van der Waals surface area contributed by atoms with Crippen LogP contribution in [0.5, 0.6) is 0 Å². The highest BCUT2D eigenvalue weighted by molar-refractivity contribution is 6.89. The predicted molar refractivity (Wildman–Crippen MR) is 124 cm³/mol. The van der Waals surface area contributed by atoms with Crippen molar-refractivity contribution in [2.45, 2.75) is 67.4 Å². The Bertz CT molecular complexity index is 489. The Morgan fingerprint density at radius 3 is 1.23 bits per heavy atom. The molecule has 10 nitrogen and oxygen atoms in total. The fourth-order valence-electron chi connectivity index (χ4n) is 3.08. The van der Waals surface area contributed by atoms with Crippen molar-refractivity contribution in [1.29, 1.82) is 0 Å². The molecule has 0 aliphatic carbocycles. The Kier molecular flexibility index (Phi) is 11.0. The van der Waals surface area contributed by atoms with Gasteiger partial charge in [-0.2, -0.15) is 15.2 Å². The second kappa shape index (κ2) is 11.6. The topological polar surface area (TPSA) is 74.3 Å². The van der Waals surface area contributed by atoms with Gasteiger partial charge >= 0.3 is 35.0 Å².